The van der Waals surface area contributed by atoms with Crippen LogP contribution in [0.2, 0.25) is 0 Å². The van der Waals surface area contributed by atoms with E-state index in [1.165, 1.54) is 0 Å². The van der Waals surface area contributed by atoms with Gasteiger partial charge in [-0.3, -0.25) is 4.90 Å². The molecule has 1 saturated heterocycles. The number of ether oxygens (including phenoxy) is 2. The van der Waals surface area contributed by atoms with Crippen molar-refractivity contribution in [2.24, 2.45) is 0 Å². The van der Waals surface area contributed by atoms with Gasteiger partial charge >= 0.3 is 12.2 Å². The minimum absolute atomic E-state index is 0.119. The summed E-state index contributed by atoms with van der Waals surface area (Å²) in [6.07, 6.45) is -0.251. The van der Waals surface area contributed by atoms with Crippen LogP contribution in [0.1, 0.15) is 31.9 Å². The van der Waals surface area contributed by atoms with Gasteiger partial charge in [0.1, 0.15) is 12.2 Å². The Hall–Kier alpha value is -3.02. The summed E-state index contributed by atoms with van der Waals surface area (Å²) in [5.74, 6) is 0. The third-order valence-corrected chi connectivity index (χ3v) is 4.56. The lowest BCUT2D eigenvalue weighted by Crippen LogP contribution is -2.44. The molecule has 1 fully saturated rings. The molecule has 2 amide bonds. The van der Waals surface area contributed by atoms with E-state index in [9.17, 15) is 9.59 Å². The van der Waals surface area contributed by atoms with Crippen molar-refractivity contribution in [2.45, 2.75) is 51.5 Å². The highest BCUT2D eigenvalue weighted by molar-refractivity contribution is 5.72. The van der Waals surface area contributed by atoms with Gasteiger partial charge in [-0.1, -0.05) is 60.7 Å². The summed E-state index contributed by atoms with van der Waals surface area (Å²) >= 11 is 0. The molecule has 0 radical (unpaired) electrons. The van der Waals surface area contributed by atoms with Crippen LogP contribution in [-0.4, -0.2) is 41.3 Å². The molecule has 29 heavy (non-hydrogen) atoms. The van der Waals surface area contributed by atoms with Gasteiger partial charge in [-0.05, 0) is 38.3 Å². The minimum atomic E-state index is -0.584. The second kappa shape index (κ2) is 8.99. The van der Waals surface area contributed by atoms with Crippen molar-refractivity contribution in [3.05, 3.63) is 71.8 Å². The zero-order valence-electron chi connectivity index (χ0n) is 17.1. The molecule has 0 aromatic heterocycles. The molecule has 0 unspecified atom stereocenters. The molecule has 2 atom stereocenters. The summed E-state index contributed by atoms with van der Waals surface area (Å²) in [5.41, 5.74) is 1.43. The number of hydrogen-bond donors (Lipinski definition) is 1. The molecule has 0 bridgehead atoms. The van der Waals surface area contributed by atoms with E-state index in [0.717, 1.165) is 11.1 Å². The molecule has 0 spiro atoms. The predicted octanol–water partition coefficient (Wildman–Crippen LogP) is 4.14. The first-order valence-electron chi connectivity index (χ1n) is 9.82. The summed E-state index contributed by atoms with van der Waals surface area (Å²) in [4.78, 5) is 26.4. The maximum absolute atomic E-state index is 12.4. The topological polar surface area (TPSA) is 67.6 Å². The SMILES string of the molecule is CC(C)(C)OC(=O)N[C@@H](Cc1ccccc1)[C@H]1CN1C(=O)OCc1ccccc1. The molecule has 0 aliphatic carbocycles. The van der Waals surface area contributed by atoms with Gasteiger partial charge in [-0.2, -0.15) is 0 Å². The lowest BCUT2D eigenvalue weighted by atomic mass is 10.0. The Morgan fingerprint density at radius 2 is 1.62 bits per heavy atom. The molecule has 1 aliphatic rings. The molecule has 3 rings (SSSR count). The average molecular weight is 396 g/mol. The van der Waals surface area contributed by atoms with Crippen molar-refractivity contribution in [3.8, 4) is 0 Å². The Bertz CT molecular complexity index is 818. The van der Waals surface area contributed by atoms with Crippen molar-refractivity contribution >= 4 is 12.2 Å². The normalized spacial score (nSPS) is 16.7. The van der Waals surface area contributed by atoms with Crippen LogP contribution >= 0.6 is 0 Å². The molecular weight excluding hydrogens is 368 g/mol. The van der Waals surface area contributed by atoms with Gasteiger partial charge in [0.2, 0.25) is 0 Å². The Morgan fingerprint density at radius 1 is 1.03 bits per heavy atom. The number of carbonyl (C=O) groups is 2. The molecule has 1 heterocycles. The van der Waals surface area contributed by atoms with Crippen LogP contribution in [0, 0.1) is 0 Å². The van der Waals surface area contributed by atoms with Crippen LogP contribution in [-0.2, 0) is 22.5 Å². The highest BCUT2D eigenvalue weighted by Crippen LogP contribution is 2.25. The highest BCUT2D eigenvalue weighted by atomic mass is 16.6. The Morgan fingerprint density at radius 3 is 2.21 bits per heavy atom. The van der Waals surface area contributed by atoms with Gasteiger partial charge in [0.15, 0.2) is 0 Å². The summed E-state index contributed by atoms with van der Waals surface area (Å²) in [5, 5.41) is 2.93. The fourth-order valence-corrected chi connectivity index (χ4v) is 3.12. The molecule has 2 aromatic rings. The predicted molar refractivity (Wildman–Crippen MR) is 110 cm³/mol. The van der Waals surface area contributed by atoms with Gasteiger partial charge in [0.25, 0.3) is 0 Å². The molecule has 6 nitrogen and oxygen atoms in total. The summed E-state index contributed by atoms with van der Waals surface area (Å²) in [7, 11) is 0. The average Bonchev–Trinajstić information content (AvgIpc) is 3.47. The molecular formula is C23H28N2O4. The first-order valence-corrected chi connectivity index (χ1v) is 9.82. The number of benzene rings is 2. The zero-order chi connectivity index (χ0) is 20.9. The van der Waals surface area contributed by atoms with E-state index in [1.807, 2.05) is 81.4 Å². The molecule has 2 aromatic carbocycles. The van der Waals surface area contributed by atoms with E-state index in [0.29, 0.717) is 13.0 Å². The fraction of sp³-hybridized carbons (Fsp3) is 0.391. The monoisotopic (exact) mass is 396 g/mol. The first kappa shape index (κ1) is 20.7. The van der Waals surface area contributed by atoms with Crippen molar-refractivity contribution in [1.82, 2.24) is 10.2 Å². The van der Waals surface area contributed by atoms with Gasteiger partial charge < -0.3 is 14.8 Å². The third kappa shape index (κ3) is 6.52. The van der Waals surface area contributed by atoms with Gasteiger partial charge in [-0.25, -0.2) is 9.59 Å². The fourth-order valence-electron chi connectivity index (χ4n) is 3.12. The van der Waals surface area contributed by atoms with Gasteiger partial charge in [-0.15, -0.1) is 0 Å². The lowest BCUT2D eigenvalue weighted by Gasteiger charge is -2.24. The molecule has 6 heteroatoms. The highest BCUT2D eigenvalue weighted by Gasteiger charge is 2.46. The van der Waals surface area contributed by atoms with E-state index >= 15 is 0 Å². The maximum atomic E-state index is 12.4. The molecule has 0 saturated carbocycles. The first-order chi connectivity index (χ1) is 13.8. The number of nitrogens with zero attached hydrogens (tertiary/aromatic N) is 1. The number of alkyl carbamates (subject to hydrolysis) is 1. The van der Waals surface area contributed by atoms with E-state index in [4.69, 9.17) is 9.47 Å². The summed E-state index contributed by atoms with van der Waals surface area (Å²) in [6, 6.07) is 19.1. The van der Waals surface area contributed by atoms with Crippen LogP contribution in [0.15, 0.2) is 60.7 Å². The number of carbonyl (C=O) groups excluding carboxylic acids is 2. The largest absolute Gasteiger partial charge is 0.445 e. The van der Waals surface area contributed by atoms with E-state index < -0.39 is 11.7 Å². The third-order valence-electron chi connectivity index (χ3n) is 4.56. The second-order valence-electron chi connectivity index (χ2n) is 8.20. The Balaban J connectivity index is 1.60. The Kier molecular flexibility index (Phi) is 6.42. The lowest BCUT2D eigenvalue weighted by molar-refractivity contribution is 0.0497. The van der Waals surface area contributed by atoms with Crippen molar-refractivity contribution in [3.63, 3.8) is 0 Å². The maximum Gasteiger partial charge on any atom is 0.410 e. The van der Waals surface area contributed by atoms with Crippen LogP contribution in [0.4, 0.5) is 9.59 Å². The minimum Gasteiger partial charge on any atom is -0.445 e. The van der Waals surface area contributed by atoms with Crippen LogP contribution in [0.25, 0.3) is 0 Å². The standard InChI is InChI=1S/C23H28N2O4/c1-23(2,3)29-21(26)24-19(14-17-10-6-4-7-11-17)20-15-25(20)22(27)28-16-18-12-8-5-9-13-18/h4-13,19-20H,14-16H2,1-3H3,(H,24,26)/t19-,20+,25?/m0/s1. The van der Waals surface area contributed by atoms with Crippen molar-refractivity contribution in [2.75, 3.05) is 6.54 Å². The molecule has 1 N–H and O–H groups in total. The second-order valence-corrected chi connectivity index (χ2v) is 8.20. The summed E-state index contributed by atoms with van der Waals surface area (Å²) in [6.45, 7) is 6.24. The van der Waals surface area contributed by atoms with Crippen molar-refractivity contribution < 1.29 is 19.1 Å². The van der Waals surface area contributed by atoms with Gasteiger partial charge in [0.05, 0.1) is 12.1 Å². The van der Waals surface area contributed by atoms with Crippen LogP contribution in [0.5, 0.6) is 0 Å². The van der Waals surface area contributed by atoms with E-state index in [1.54, 1.807) is 4.90 Å². The van der Waals surface area contributed by atoms with E-state index in [2.05, 4.69) is 5.32 Å². The van der Waals surface area contributed by atoms with Gasteiger partial charge in [0, 0.05) is 6.54 Å². The summed E-state index contributed by atoms with van der Waals surface area (Å²) < 4.78 is 10.8. The zero-order valence-corrected chi connectivity index (χ0v) is 17.1. The number of rotatable bonds is 6. The van der Waals surface area contributed by atoms with Crippen LogP contribution < -0.4 is 5.32 Å². The smallest absolute Gasteiger partial charge is 0.410 e. The number of hydrogen-bond acceptors (Lipinski definition) is 4. The molecule has 1 aliphatic heterocycles. The molecule has 154 valence electrons. The van der Waals surface area contributed by atoms with Crippen molar-refractivity contribution in [1.29, 1.82) is 0 Å². The Labute approximate surface area is 171 Å². The van der Waals surface area contributed by atoms with Crippen LogP contribution in [0.3, 0.4) is 0 Å². The van der Waals surface area contributed by atoms with E-state index in [-0.39, 0.29) is 24.8 Å². The number of nitrogens with one attached hydrogen (secondary N) is 1. The number of amides is 2. The quantitative estimate of drug-likeness (QED) is 0.745.